The summed E-state index contributed by atoms with van der Waals surface area (Å²) in [5.74, 6) is 0.773. The zero-order valence-electron chi connectivity index (χ0n) is 9.31. The third-order valence-corrected chi connectivity index (χ3v) is 3.85. The highest BCUT2D eigenvalue weighted by molar-refractivity contribution is 9.09. The molecule has 1 rings (SSSR count). The summed E-state index contributed by atoms with van der Waals surface area (Å²) in [6.45, 7) is 6.69. The summed E-state index contributed by atoms with van der Waals surface area (Å²) in [5, 5.41) is 1.11. The number of benzene rings is 1. The first-order valence-electron chi connectivity index (χ1n) is 5.30. The van der Waals surface area contributed by atoms with Crippen LogP contribution in [0, 0.1) is 19.8 Å². The largest absolute Gasteiger partial charge is 0.0925 e. The molecule has 0 aliphatic carbocycles. The van der Waals surface area contributed by atoms with Crippen LogP contribution in [0.2, 0.25) is 0 Å². The van der Waals surface area contributed by atoms with Crippen molar-refractivity contribution in [2.75, 3.05) is 5.33 Å². The minimum atomic E-state index is 0.773. The van der Waals surface area contributed by atoms with Crippen LogP contribution in [0.4, 0.5) is 0 Å². The first-order chi connectivity index (χ1) is 6.69. The molecule has 0 N–H and O–H groups in total. The van der Waals surface area contributed by atoms with Gasteiger partial charge in [-0.05, 0) is 42.9 Å². The lowest BCUT2D eigenvalue weighted by atomic mass is 9.92. The molecule has 0 radical (unpaired) electrons. The van der Waals surface area contributed by atoms with E-state index in [1.54, 1.807) is 5.56 Å². The Hall–Kier alpha value is -0.300. The molecule has 0 saturated heterocycles. The zero-order valence-corrected chi connectivity index (χ0v) is 10.9. The van der Waals surface area contributed by atoms with E-state index < -0.39 is 0 Å². The SMILES string of the molecule is CCC(CBr)Cc1c(C)cccc1C. The topological polar surface area (TPSA) is 0 Å². The maximum Gasteiger partial charge on any atom is 0.00627 e. The molecule has 0 aliphatic rings. The van der Waals surface area contributed by atoms with Gasteiger partial charge in [0.2, 0.25) is 0 Å². The Labute approximate surface area is 95.9 Å². The number of halogens is 1. The van der Waals surface area contributed by atoms with Gasteiger partial charge in [-0.3, -0.25) is 0 Å². The second-order valence-corrected chi connectivity index (χ2v) is 4.65. The van der Waals surface area contributed by atoms with Crippen molar-refractivity contribution >= 4 is 15.9 Å². The first-order valence-corrected chi connectivity index (χ1v) is 6.42. The average Bonchev–Trinajstić information content (AvgIpc) is 2.18. The third kappa shape index (κ3) is 2.84. The van der Waals surface area contributed by atoms with Gasteiger partial charge in [0.05, 0.1) is 0 Å². The second kappa shape index (κ2) is 5.55. The quantitative estimate of drug-likeness (QED) is 0.705. The minimum Gasteiger partial charge on any atom is -0.0925 e. The van der Waals surface area contributed by atoms with Crippen LogP contribution >= 0.6 is 15.9 Å². The van der Waals surface area contributed by atoms with Crippen molar-refractivity contribution < 1.29 is 0 Å². The van der Waals surface area contributed by atoms with E-state index in [1.165, 1.54) is 24.0 Å². The Bertz CT molecular complexity index is 267. The summed E-state index contributed by atoms with van der Waals surface area (Å²) in [5.41, 5.74) is 4.41. The molecule has 0 fully saturated rings. The highest BCUT2D eigenvalue weighted by atomic mass is 79.9. The molecule has 0 amide bonds. The molecule has 0 spiro atoms. The van der Waals surface area contributed by atoms with E-state index in [0.717, 1.165) is 11.2 Å². The van der Waals surface area contributed by atoms with E-state index in [9.17, 15) is 0 Å². The molecular formula is C13H19Br. The Balaban J connectivity index is 2.84. The van der Waals surface area contributed by atoms with Crippen molar-refractivity contribution in [3.8, 4) is 0 Å². The highest BCUT2D eigenvalue weighted by Gasteiger charge is 2.09. The van der Waals surface area contributed by atoms with Crippen molar-refractivity contribution in [1.29, 1.82) is 0 Å². The lowest BCUT2D eigenvalue weighted by molar-refractivity contribution is 0.570. The third-order valence-electron chi connectivity index (χ3n) is 2.93. The Kier molecular flexibility index (Phi) is 4.67. The molecule has 0 aliphatic heterocycles. The highest BCUT2D eigenvalue weighted by Crippen LogP contribution is 2.20. The van der Waals surface area contributed by atoms with Gasteiger partial charge in [0, 0.05) is 5.33 Å². The predicted molar refractivity (Wildman–Crippen MR) is 67.2 cm³/mol. The van der Waals surface area contributed by atoms with E-state index in [-0.39, 0.29) is 0 Å². The Morgan fingerprint density at radius 2 is 1.79 bits per heavy atom. The van der Waals surface area contributed by atoms with Crippen LogP contribution in [0.15, 0.2) is 18.2 Å². The fourth-order valence-electron chi connectivity index (χ4n) is 1.77. The van der Waals surface area contributed by atoms with Gasteiger partial charge in [-0.2, -0.15) is 0 Å². The molecule has 1 unspecified atom stereocenters. The summed E-state index contributed by atoms with van der Waals surface area (Å²) >= 11 is 3.58. The van der Waals surface area contributed by atoms with Gasteiger partial charge in [-0.1, -0.05) is 47.5 Å². The first kappa shape index (κ1) is 11.8. The number of aryl methyl sites for hydroxylation is 2. The lowest BCUT2D eigenvalue weighted by Crippen LogP contribution is -2.07. The summed E-state index contributed by atoms with van der Waals surface area (Å²) < 4.78 is 0. The summed E-state index contributed by atoms with van der Waals surface area (Å²) in [7, 11) is 0. The maximum absolute atomic E-state index is 3.58. The van der Waals surface area contributed by atoms with Gasteiger partial charge >= 0.3 is 0 Å². The van der Waals surface area contributed by atoms with Gasteiger partial charge in [0.1, 0.15) is 0 Å². The van der Waals surface area contributed by atoms with Crippen LogP contribution in [-0.2, 0) is 6.42 Å². The number of hydrogen-bond donors (Lipinski definition) is 0. The van der Waals surface area contributed by atoms with Gasteiger partial charge in [-0.15, -0.1) is 0 Å². The molecule has 78 valence electrons. The Morgan fingerprint density at radius 3 is 2.21 bits per heavy atom. The zero-order chi connectivity index (χ0) is 10.6. The lowest BCUT2D eigenvalue weighted by Gasteiger charge is -2.15. The molecule has 14 heavy (non-hydrogen) atoms. The van der Waals surface area contributed by atoms with E-state index in [2.05, 4.69) is 54.9 Å². The summed E-state index contributed by atoms with van der Waals surface area (Å²) in [6.07, 6.45) is 2.46. The van der Waals surface area contributed by atoms with Crippen LogP contribution in [0.1, 0.15) is 30.0 Å². The molecule has 0 bridgehead atoms. The number of hydrogen-bond acceptors (Lipinski definition) is 0. The van der Waals surface area contributed by atoms with E-state index >= 15 is 0 Å². The average molecular weight is 255 g/mol. The molecule has 1 atom stereocenters. The van der Waals surface area contributed by atoms with Gasteiger partial charge < -0.3 is 0 Å². The van der Waals surface area contributed by atoms with Crippen molar-refractivity contribution in [3.05, 3.63) is 34.9 Å². The fraction of sp³-hybridized carbons (Fsp3) is 0.538. The normalized spacial score (nSPS) is 12.9. The molecule has 0 heterocycles. The predicted octanol–water partition coefficient (Wildman–Crippen LogP) is 4.27. The van der Waals surface area contributed by atoms with Crippen LogP contribution in [0.5, 0.6) is 0 Å². The summed E-state index contributed by atoms with van der Waals surface area (Å²) in [6, 6.07) is 6.57. The van der Waals surface area contributed by atoms with E-state index in [0.29, 0.717) is 0 Å². The van der Waals surface area contributed by atoms with Crippen LogP contribution in [-0.4, -0.2) is 5.33 Å². The number of rotatable bonds is 4. The molecule has 0 saturated carbocycles. The van der Waals surface area contributed by atoms with Crippen molar-refractivity contribution in [3.63, 3.8) is 0 Å². The molecule has 1 aromatic carbocycles. The smallest absolute Gasteiger partial charge is 0.00627 e. The molecule has 1 heteroatoms. The van der Waals surface area contributed by atoms with Crippen LogP contribution in [0.3, 0.4) is 0 Å². The van der Waals surface area contributed by atoms with Gasteiger partial charge in [0.25, 0.3) is 0 Å². The molecule has 0 aromatic heterocycles. The fourth-order valence-corrected chi connectivity index (χ4v) is 2.45. The van der Waals surface area contributed by atoms with Crippen molar-refractivity contribution in [2.24, 2.45) is 5.92 Å². The maximum atomic E-state index is 3.58. The van der Waals surface area contributed by atoms with Gasteiger partial charge in [-0.25, -0.2) is 0 Å². The monoisotopic (exact) mass is 254 g/mol. The van der Waals surface area contributed by atoms with E-state index in [4.69, 9.17) is 0 Å². The van der Waals surface area contributed by atoms with E-state index in [1.807, 2.05) is 0 Å². The van der Waals surface area contributed by atoms with Crippen molar-refractivity contribution in [1.82, 2.24) is 0 Å². The number of alkyl halides is 1. The molecule has 0 nitrogen and oxygen atoms in total. The minimum absolute atomic E-state index is 0.773. The van der Waals surface area contributed by atoms with Crippen LogP contribution in [0.25, 0.3) is 0 Å². The molecule has 1 aromatic rings. The summed E-state index contributed by atoms with van der Waals surface area (Å²) in [4.78, 5) is 0. The second-order valence-electron chi connectivity index (χ2n) is 4.00. The molecular weight excluding hydrogens is 236 g/mol. The van der Waals surface area contributed by atoms with Crippen molar-refractivity contribution in [2.45, 2.75) is 33.6 Å². The van der Waals surface area contributed by atoms with Gasteiger partial charge in [0.15, 0.2) is 0 Å². The van der Waals surface area contributed by atoms with Crippen LogP contribution < -0.4 is 0 Å². The standard InChI is InChI=1S/C13H19Br/c1-4-12(9-14)8-13-10(2)6-5-7-11(13)3/h5-7,12H,4,8-9H2,1-3H3. The Morgan fingerprint density at radius 1 is 1.21 bits per heavy atom.